The molecule has 5 rings (SSSR count). The van der Waals surface area contributed by atoms with E-state index < -0.39 is 0 Å². The highest BCUT2D eigenvalue weighted by molar-refractivity contribution is 7.22. The first-order valence-corrected chi connectivity index (χ1v) is 12.0. The Bertz CT molecular complexity index is 1400. The average Bonchev–Trinajstić information content (AvgIpc) is 3.41. The van der Waals surface area contributed by atoms with E-state index in [-0.39, 0.29) is 0 Å². The van der Waals surface area contributed by atoms with Crippen LogP contribution in [0.15, 0.2) is 77.9 Å². The minimum absolute atomic E-state index is 0.640. The molecule has 5 aromatic rings. The van der Waals surface area contributed by atoms with Crippen molar-refractivity contribution in [1.29, 1.82) is 0 Å². The minimum Gasteiger partial charge on any atom is -0.497 e. The monoisotopic (exact) mass is 470 g/mol. The summed E-state index contributed by atoms with van der Waals surface area (Å²) in [4.78, 5) is 4.59. The number of hydrazone groups is 1. The fourth-order valence-corrected chi connectivity index (χ4v) is 4.88. The molecule has 0 bridgehead atoms. The molecule has 3 aromatic carbocycles. The molecule has 0 spiro atoms. The highest BCUT2D eigenvalue weighted by atomic mass is 32.1. The molecular weight excluding hydrogens is 444 g/mol. The van der Waals surface area contributed by atoms with Crippen LogP contribution in [-0.4, -0.2) is 29.5 Å². The average molecular weight is 471 g/mol. The molecule has 0 aliphatic rings. The lowest BCUT2D eigenvalue weighted by molar-refractivity contribution is 0.301. The van der Waals surface area contributed by atoms with E-state index in [0.717, 1.165) is 45.4 Å². The molecule has 0 atom stereocenters. The molecule has 0 unspecified atom stereocenters. The van der Waals surface area contributed by atoms with E-state index in [1.165, 1.54) is 16.6 Å². The Morgan fingerprint density at radius 3 is 2.59 bits per heavy atom. The van der Waals surface area contributed by atoms with Gasteiger partial charge in [0.25, 0.3) is 0 Å². The first-order chi connectivity index (χ1) is 16.7. The van der Waals surface area contributed by atoms with Crippen molar-refractivity contribution in [2.24, 2.45) is 5.10 Å². The Labute approximate surface area is 202 Å². The summed E-state index contributed by atoms with van der Waals surface area (Å²) in [6.45, 7) is 3.64. The van der Waals surface area contributed by atoms with Gasteiger partial charge in [-0.2, -0.15) is 5.10 Å². The Morgan fingerprint density at radius 2 is 1.76 bits per heavy atom. The van der Waals surface area contributed by atoms with Gasteiger partial charge in [-0.15, -0.1) is 0 Å². The number of aromatic nitrogens is 2. The third-order valence-corrected chi connectivity index (χ3v) is 6.72. The van der Waals surface area contributed by atoms with Gasteiger partial charge >= 0.3 is 0 Å². The maximum Gasteiger partial charge on any atom is 0.204 e. The van der Waals surface area contributed by atoms with Crippen molar-refractivity contribution < 1.29 is 9.47 Å². The number of benzene rings is 3. The lowest BCUT2D eigenvalue weighted by Gasteiger charge is -2.10. The van der Waals surface area contributed by atoms with Gasteiger partial charge in [0.1, 0.15) is 11.5 Å². The number of ether oxygens (including phenoxy) is 2. The summed E-state index contributed by atoms with van der Waals surface area (Å²) < 4.78 is 14.6. The largest absolute Gasteiger partial charge is 0.497 e. The second-order valence-corrected chi connectivity index (χ2v) is 8.93. The predicted octanol–water partition coefficient (Wildman–Crippen LogP) is 6.48. The van der Waals surface area contributed by atoms with Gasteiger partial charge in [0.2, 0.25) is 5.13 Å². The lowest BCUT2D eigenvalue weighted by atomic mass is 10.1. The summed E-state index contributed by atoms with van der Waals surface area (Å²) >= 11 is 1.60. The van der Waals surface area contributed by atoms with E-state index in [4.69, 9.17) is 9.47 Å². The van der Waals surface area contributed by atoms with Crippen molar-refractivity contribution in [2.75, 3.05) is 19.1 Å². The molecule has 2 heterocycles. The Morgan fingerprint density at radius 1 is 1.00 bits per heavy atom. The second-order valence-electron chi connectivity index (χ2n) is 7.90. The SMILES string of the molecule is COc1ccc(OCCCn2c(C)c(C=NNc3nc4ccccc4s3)c3ccccc32)cc1. The van der Waals surface area contributed by atoms with Crippen molar-refractivity contribution in [3.8, 4) is 11.5 Å². The van der Waals surface area contributed by atoms with Gasteiger partial charge in [-0.3, -0.25) is 5.43 Å². The van der Waals surface area contributed by atoms with Gasteiger partial charge in [0.05, 0.1) is 30.1 Å². The van der Waals surface area contributed by atoms with Gasteiger partial charge in [-0.05, 0) is 55.8 Å². The van der Waals surface area contributed by atoms with Gasteiger partial charge in [0.15, 0.2) is 0 Å². The number of methoxy groups -OCH3 is 1. The summed E-state index contributed by atoms with van der Waals surface area (Å²) in [6.07, 6.45) is 2.79. The van der Waals surface area contributed by atoms with Crippen molar-refractivity contribution in [3.05, 3.63) is 84.1 Å². The van der Waals surface area contributed by atoms with Crippen molar-refractivity contribution in [3.63, 3.8) is 0 Å². The number of aryl methyl sites for hydroxylation is 1. The summed E-state index contributed by atoms with van der Waals surface area (Å²) in [6, 6.07) is 24.2. The molecule has 2 aromatic heterocycles. The van der Waals surface area contributed by atoms with Crippen LogP contribution in [0.1, 0.15) is 17.7 Å². The van der Waals surface area contributed by atoms with Gasteiger partial charge in [-0.1, -0.05) is 41.7 Å². The van der Waals surface area contributed by atoms with Gasteiger partial charge in [-0.25, -0.2) is 4.98 Å². The van der Waals surface area contributed by atoms with Crippen LogP contribution in [0.4, 0.5) is 5.13 Å². The molecule has 0 amide bonds. The highest BCUT2D eigenvalue weighted by Gasteiger charge is 2.12. The summed E-state index contributed by atoms with van der Waals surface area (Å²) in [5.41, 5.74) is 7.57. The topological polar surface area (TPSA) is 60.7 Å². The molecule has 0 aliphatic carbocycles. The summed E-state index contributed by atoms with van der Waals surface area (Å²) in [7, 11) is 1.66. The highest BCUT2D eigenvalue weighted by Crippen LogP contribution is 2.27. The fourth-order valence-electron chi connectivity index (χ4n) is 4.07. The first kappa shape index (κ1) is 22.0. The number of anilines is 1. The Kier molecular flexibility index (Phi) is 6.44. The van der Waals surface area contributed by atoms with E-state index in [2.05, 4.69) is 57.3 Å². The number of fused-ring (bicyclic) bond motifs is 2. The Hall–Kier alpha value is -3.84. The van der Waals surface area contributed by atoms with E-state index in [1.54, 1.807) is 18.4 Å². The van der Waals surface area contributed by atoms with Crippen LogP contribution in [0.25, 0.3) is 21.1 Å². The third-order valence-electron chi connectivity index (χ3n) is 5.78. The molecule has 0 fully saturated rings. The Balaban J connectivity index is 1.28. The van der Waals surface area contributed by atoms with Crippen LogP contribution in [0.2, 0.25) is 0 Å². The molecule has 1 N–H and O–H groups in total. The van der Waals surface area contributed by atoms with Crippen molar-refractivity contribution >= 4 is 43.8 Å². The number of hydrogen-bond acceptors (Lipinski definition) is 6. The smallest absolute Gasteiger partial charge is 0.204 e. The number of rotatable bonds is 9. The van der Waals surface area contributed by atoms with E-state index in [1.807, 2.05) is 48.7 Å². The number of thiazole rings is 1. The summed E-state index contributed by atoms with van der Waals surface area (Å²) in [5.74, 6) is 1.68. The molecule has 34 heavy (non-hydrogen) atoms. The molecule has 0 saturated heterocycles. The van der Waals surface area contributed by atoms with Crippen molar-refractivity contribution in [1.82, 2.24) is 9.55 Å². The number of nitrogens with zero attached hydrogens (tertiary/aromatic N) is 3. The van der Waals surface area contributed by atoms with E-state index in [0.29, 0.717) is 6.61 Å². The molecule has 0 radical (unpaired) electrons. The van der Waals surface area contributed by atoms with Crippen LogP contribution in [0, 0.1) is 6.92 Å². The number of nitrogens with one attached hydrogen (secondary N) is 1. The van der Waals surface area contributed by atoms with Crippen LogP contribution < -0.4 is 14.9 Å². The zero-order valence-electron chi connectivity index (χ0n) is 19.2. The van der Waals surface area contributed by atoms with E-state index >= 15 is 0 Å². The zero-order valence-corrected chi connectivity index (χ0v) is 20.0. The van der Waals surface area contributed by atoms with Crippen molar-refractivity contribution in [2.45, 2.75) is 19.9 Å². The molecule has 0 saturated carbocycles. The zero-order chi connectivity index (χ0) is 23.3. The normalized spacial score (nSPS) is 11.5. The van der Waals surface area contributed by atoms with E-state index in [9.17, 15) is 0 Å². The quantitative estimate of drug-likeness (QED) is 0.152. The van der Waals surface area contributed by atoms with Gasteiger partial charge in [0, 0.05) is 28.7 Å². The minimum atomic E-state index is 0.640. The molecule has 6 nitrogen and oxygen atoms in total. The lowest BCUT2D eigenvalue weighted by Crippen LogP contribution is -2.06. The van der Waals surface area contributed by atoms with Crippen LogP contribution >= 0.6 is 11.3 Å². The van der Waals surface area contributed by atoms with Gasteiger partial charge < -0.3 is 14.0 Å². The predicted molar refractivity (Wildman–Crippen MR) is 141 cm³/mol. The molecule has 172 valence electrons. The van der Waals surface area contributed by atoms with Crippen LogP contribution in [-0.2, 0) is 6.54 Å². The standard InChI is InChI=1S/C27H26N4O2S/c1-19-23(18-28-30-27-29-24-9-4-6-11-26(24)34-27)22-8-3-5-10-25(22)31(19)16-7-17-33-21-14-12-20(32-2)13-15-21/h3-6,8-15,18H,7,16-17H2,1-2H3,(H,29,30). The second kappa shape index (κ2) is 9.97. The maximum atomic E-state index is 5.91. The van der Waals surface area contributed by atoms with Crippen LogP contribution in [0.5, 0.6) is 11.5 Å². The molecule has 7 heteroatoms. The summed E-state index contributed by atoms with van der Waals surface area (Å²) in [5, 5.41) is 6.48. The molecule has 0 aliphatic heterocycles. The number of para-hydroxylation sites is 2. The van der Waals surface area contributed by atoms with Crippen LogP contribution in [0.3, 0.4) is 0 Å². The number of hydrogen-bond donors (Lipinski definition) is 1. The fraction of sp³-hybridized carbons (Fsp3) is 0.185. The molecular formula is C27H26N4O2S. The maximum absolute atomic E-state index is 5.91. The third kappa shape index (κ3) is 4.61. The first-order valence-electron chi connectivity index (χ1n) is 11.2.